The molecule has 6 fully saturated rings. The third-order valence-corrected chi connectivity index (χ3v) is 19.4. The number of hydrazine groups is 4. The van der Waals surface area contributed by atoms with Crippen LogP contribution in [0, 0.1) is 11.8 Å². The molecule has 0 spiro atoms. The number of carbonyl (C=O) groups is 11. The molecule has 15 unspecified atom stereocenters. The average molecular weight is 1660 g/mol. The molecule has 0 aliphatic carbocycles. The number of carbonyl (C=O) groups excluding carboxylic acids is 10. The molecule has 0 bridgehead atoms. The Kier molecular flexibility index (Phi) is 38.8. The van der Waals surface area contributed by atoms with Gasteiger partial charge in [0.25, 0.3) is 11.8 Å². The van der Waals surface area contributed by atoms with Crippen LogP contribution in [0.4, 0.5) is 0 Å². The molecule has 0 saturated carbocycles. The largest absolute Gasteiger partial charge is 0.479 e. The zero-order valence-corrected chi connectivity index (χ0v) is 63.6. The van der Waals surface area contributed by atoms with Crippen LogP contribution in [0.3, 0.4) is 0 Å². The van der Waals surface area contributed by atoms with Crippen molar-refractivity contribution in [3.8, 4) is 0 Å². The van der Waals surface area contributed by atoms with Crippen LogP contribution in [0.1, 0.15) is 93.4 Å². The molecule has 6 heterocycles. The summed E-state index contributed by atoms with van der Waals surface area (Å²) in [5, 5.41) is 128. The van der Waals surface area contributed by atoms with Crippen LogP contribution < -0.4 is 59.4 Å². The Morgan fingerprint density at radius 1 is 0.482 bits per heavy atom. The van der Waals surface area contributed by atoms with Crippen molar-refractivity contribution in [2.75, 3.05) is 44.2 Å². The first-order chi connectivity index (χ1) is 53.0. The molecule has 6 aliphatic heterocycles. The lowest BCUT2D eigenvalue weighted by molar-refractivity contribution is -0.460. The zero-order valence-electron chi connectivity index (χ0n) is 61.9. The predicted octanol–water partition coefficient (Wildman–Crippen LogP) is -11.1. The summed E-state index contributed by atoms with van der Waals surface area (Å²) in [6.07, 6.45) is -48.3. The number of aliphatic carboxylic acids is 1. The number of aliphatic hydroxyl groups excluding tert-OH is 10. The first-order valence-electron chi connectivity index (χ1n) is 35.4. The van der Waals surface area contributed by atoms with E-state index in [1.807, 2.05) is 21.7 Å². The molecular weight excluding hydrogens is 1550 g/mol. The SMILES string of the molecule is COO[C@H]1CC(NC(C)=O)[C@H](O[C@H]2C(C(=O)O)OC(OO[C@H]3C[C@H](NC(C)=O)[C@H](O[C@H]4C(C(=O)NNC(=O)CC(=O)NNC(O)C(C)C)OC(OO[C@H]5CC(NC(C)=O)[C@H](O[C@H]6C(C(=O)NNC(=O)CC(=O)NNC(=O)[C@@H](C)CSCCCCS)OC(C)C(O)C6O)O[C@H]5CO)C(O)[C@H]4O)OC3CO)C(O)C2O)O[C@H]1CO. The average Bonchev–Trinajstić information content (AvgIpc) is 0.783. The molecule has 0 radical (unpaired) electrons. The summed E-state index contributed by atoms with van der Waals surface area (Å²) >= 11 is 5.70. The van der Waals surface area contributed by atoms with Gasteiger partial charge in [-0.1, -0.05) is 20.8 Å². The van der Waals surface area contributed by atoms with Gasteiger partial charge in [-0.2, -0.15) is 24.4 Å². The van der Waals surface area contributed by atoms with E-state index in [0.717, 1.165) is 45.1 Å². The normalized spacial score (nSPS) is 34.6. The third-order valence-electron chi connectivity index (χ3n) is 17.8. The van der Waals surface area contributed by atoms with E-state index in [0.29, 0.717) is 5.75 Å². The summed E-state index contributed by atoms with van der Waals surface area (Å²) in [6.45, 7) is 6.56. The minimum absolute atomic E-state index is 0.144. The van der Waals surface area contributed by atoms with Gasteiger partial charge in [-0.3, -0.25) is 85.9 Å². The summed E-state index contributed by atoms with van der Waals surface area (Å²) in [5.74, 6) is -10.5. The summed E-state index contributed by atoms with van der Waals surface area (Å²) in [6, 6.07) is -4.11. The second-order valence-electron chi connectivity index (χ2n) is 27.0. The number of ether oxygens (including phenoxy) is 9. The van der Waals surface area contributed by atoms with Crippen molar-refractivity contribution in [2.45, 2.75) is 265 Å². The molecular formula is C62H103N11O37S2. The van der Waals surface area contributed by atoms with Gasteiger partial charge in [0.15, 0.2) is 37.2 Å². The highest BCUT2D eigenvalue weighted by Gasteiger charge is 2.57. The fourth-order valence-corrected chi connectivity index (χ4v) is 13.1. The van der Waals surface area contributed by atoms with Crippen molar-refractivity contribution in [2.24, 2.45) is 11.8 Å². The van der Waals surface area contributed by atoms with Crippen molar-refractivity contribution in [3.63, 3.8) is 0 Å². The van der Waals surface area contributed by atoms with Crippen molar-refractivity contribution < 1.29 is 181 Å². The fourth-order valence-electron chi connectivity index (χ4n) is 11.8. The molecule has 112 heavy (non-hydrogen) atoms. The van der Waals surface area contributed by atoms with Gasteiger partial charge >= 0.3 is 5.97 Å². The standard InChI is InChI=1S/C62H103N11O37S2/c1-22(2)53(90)70-66-37(80)16-39(82)69-73-56(93)51-48(102-59-30(65-27(7)79)15-33(36(20-76)100-59)108-110-62-46(89)44(87)49(52(105-62)57(94)95)103-60-28(63-25(5)77)13-31(106-96-8)34(18-74)98-60)43(86)45(88)61(104-51)109-107-32-14-29(64-26(6)78)58(99-35(32)19-75)101-47-42(85)41(84)24(4)97-50(47)55(92)72-68-40(83)17-38(81)67-71-54(91)23(3)21-112-12-10-9-11-111/h22-24,28-36,41-53,58-62,70,74-76,84-90,111H,9-21H2,1-8H3,(H,63,77)(H,64,78)(H,65,79)(H,66,80)(H,67,81)(H,68,83)(H,69,82)(H,71,91)(H,72,92)(H,73,93)(H,94,95)/t23-,24?,28?,29?,30-,31-,32-,33-,34-,35-,36?,41?,42?,43+,44?,45?,46?,47+,48+,49+,50?,51?,52?,53?,58-,59-,60-,61?,62?/m0/s1. The highest BCUT2D eigenvalue weighted by molar-refractivity contribution is 7.99. The van der Waals surface area contributed by atoms with E-state index in [1.165, 1.54) is 25.8 Å². The molecule has 0 aromatic heterocycles. The number of rotatable bonds is 37. The van der Waals surface area contributed by atoms with Gasteiger partial charge in [0.05, 0.1) is 51.2 Å². The first-order valence-corrected chi connectivity index (χ1v) is 37.2. The Bertz CT molecular complexity index is 3100. The summed E-state index contributed by atoms with van der Waals surface area (Å²) in [4.78, 5) is 174. The maximum absolute atomic E-state index is 14.3. The quantitative estimate of drug-likeness (QED) is 0.00686. The van der Waals surface area contributed by atoms with E-state index in [1.54, 1.807) is 20.8 Å². The first kappa shape index (κ1) is 94.7. The van der Waals surface area contributed by atoms with E-state index >= 15 is 0 Å². The van der Waals surface area contributed by atoms with Gasteiger partial charge < -0.3 is 115 Å². The number of unbranched alkanes of at least 4 members (excludes halogenated alkanes) is 1. The number of hydrogen-bond donors (Lipinski definition) is 23. The summed E-state index contributed by atoms with van der Waals surface area (Å²) in [7, 11) is 1.17. The number of nitrogens with one attached hydrogen (secondary N) is 11. The number of hydrogen-bond acceptors (Lipinski definition) is 39. The summed E-state index contributed by atoms with van der Waals surface area (Å²) < 4.78 is 52.8. The van der Waals surface area contributed by atoms with E-state index in [9.17, 15) is 109 Å². The van der Waals surface area contributed by atoms with E-state index in [4.69, 9.17) is 72.0 Å². The number of carboxylic acid groups (broad SMARTS) is 1. The topological polar surface area (TPSA) is 681 Å². The number of carboxylic acids is 1. The molecule has 640 valence electrons. The van der Waals surface area contributed by atoms with Gasteiger partial charge in [-0.15, -0.1) is 0 Å². The molecule has 50 heteroatoms. The molecule has 6 rings (SSSR count). The van der Waals surface area contributed by atoms with Crippen LogP contribution in [-0.2, 0) is 125 Å². The summed E-state index contributed by atoms with van der Waals surface area (Å²) in [5.41, 5.74) is 16.6. The molecule has 6 aliphatic rings. The van der Waals surface area contributed by atoms with Crippen LogP contribution in [0.2, 0.25) is 0 Å². The van der Waals surface area contributed by atoms with Crippen LogP contribution >= 0.6 is 24.4 Å². The highest BCUT2D eigenvalue weighted by atomic mass is 32.2. The zero-order chi connectivity index (χ0) is 83.0. The predicted molar refractivity (Wildman–Crippen MR) is 367 cm³/mol. The van der Waals surface area contributed by atoms with E-state index in [-0.39, 0.29) is 6.42 Å². The maximum Gasteiger partial charge on any atom is 0.335 e. The van der Waals surface area contributed by atoms with Gasteiger partial charge in [0, 0.05) is 51.7 Å². The van der Waals surface area contributed by atoms with Gasteiger partial charge in [0.1, 0.15) is 111 Å². The van der Waals surface area contributed by atoms with Crippen molar-refractivity contribution in [1.29, 1.82) is 0 Å². The van der Waals surface area contributed by atoms with Crippen molar-refractivity contribution in [1.82, 2.24) is 59.4 Å². The monoisotopic (exact) mass is 1660 g/mol. The molecule has 22 N–H and O–H groups in total. The van der Waals surface area contributed by atoms with Crippen molar-refractivity contribution >= 4 is 89.4 Å². The van der Waals surface area contributed by atoms with E-state index < -0.39 is 294 Å². The number of thioether (sulfide) groups is 1. The van der Waals surface area contributed by atoms with Crippen LogP contribution in [0.25, 0.3) is 0 Å². The molecule has 10 amide bonds. The van der Waals surface area contributed by atoms with Gasteiger partial charge in [-0.05, 0) is 37.2 Å². The number of amides is 10. The lowest BCUT2D eigenvalue weighted by Crippen LogP contribution is -2.67. The minimum Gasteiger partial charge on any atom is -0.479 e. The Labute approximate surface area is 648 Å². The van der Waals surface area contributed by atoms with Crippen LogP contribution in [0.5, 0.6) is 0 Å². The number of aliphatic hydroxyl groups is 10. The van der Waals surface area contributed by atoms with Crippen LogP contribution in [0.15, 0.2) is 0 Å². The second kappa shape index (κ2) is 45.9. The lowest BCUT2D eigenvalue weighted by atomic mass is 9.94. The molecule has 6 saturated heterocycles. The molecule has 0 aromatic carbocycles. The molecule has 29 atom stereocenters. The minimum atomic E-state index is -2.42. The van der Waals surface area contributed by atoms with E-state index in [2.05, 4.69) is 50.3 Å². The van der Waals surface area contributed by atoms with Gasteiger partial charge in [0.2, 0.25) is 59.8 Å². The molecule has 0 aromatic rings. The highest BCUT2D eigenvalue weighted by Crippen LogP contribution is 2.36. The third kappa shape index (κ3) is 27.5. The second-order valence-corrected chi connectivity index (χ2v) is 28.6. The Balaban J connectivity index is 1.16. The smallest absolute Gasteiger partial charge is 0.335 e. The number of thiol groups is 1. The van der Waals surface area contributed by atoms with Gasteiger partial charge in [-0.25, -0.2) is 39.5 Å². The Hall–Kier alpha value is -6.17. The molecule has 48 nitrogen and oxygen atoms in total. The Morgan fingerprint density at radius 2 is 0.866 bits per heavy atom. The van der Waals surface area contributed by atoms with Crippen LogP contribution in [-0.4, -0.2) is 337 Å². The fraction of sp³-hybridized carbons (Fsp3) is 0.823. The maximum atomic E-state index is 14.3. The Morgan fingerprint density at radius 3 is 1.26 bits per heavy atom. The lowest BCUT2D eigenvalue weighted by Gasteiger charge is -2.47. The van der Waals surface area contributed by atoms with Crippen molar-refractivity contribution in [3.05, 3.63) is 0 Å².